The minimum absolute atomic E-state index is 0.0959. The number of ketones is 1. The molecule has 3 aliphatic carbocycles. The van der Waals surface area contributed by atoms with E-state index < -0.39 is 93.7 Å². The maximum Gasteiger partial charge on any atom is 0.348 e. The van der Waals surface area contributed by atoms with Crippen LogP contribution in [-0.2, 0) is 33.4 Å². The molecule has 0 amide bonds. The number of allylic oxidation sites excluding steroid dienone is 2. The van der Waals surface area contributed by atoms with Gasteiger partial charge in [-0.3, -0.25) is 4.79 Å². The van der Waals surface area contributed by atoms with Crippen molar-refractivity contribution in [2.45, 2.75) is 83.1 Å². The first-order valence-electron chi connectivity index (χ1n) is 12.9. The van der Waals surface area contributed by atoms with Crippen molar-refractivity contribution < 1.29 is 58.9 Å². The highest BCUT2D eigenvalue weighted by Gasteiger charge is 2.85. The number of carbonyl (C=O) groups is 4. The highest BCUT2D eigenvalue weighted by molar-refractivity contribution is 5.95. The summed E-state index contributed by atoms with van der Waals surface area (Å²) in [6.45, 7) is 7.33. The average molecular weight is 551 g/mol. The lowest BCUT2D eigenvalue weighted by molar-refractivity contribution is -0.289. The molecule has 4 fully saturated rings. The van der Waals surface area contributed by atoms with Crippen molar-refractivity contribution in [3.05, 3.63) is 23.0 Å². The Hall–Kier alpha value is -2.80. The van der Waals surface area contributed by atoms with Crippen LogP contribution in [0.1, 0.15) is 47.5 Å². The van der Waals surface area contributed by atoms with E-state index in [1.807, 2.05) is 0 Å². The molecular weight excluding hydrogens is 516 g/mol. The van der Waals surface area contributed by atoms with Crippen molar-refractivity contribution in [3.8, 4) is 0 Å². The highest BCUT2D eigenvalue weighted by atomic mass is 16.6. The number of aliphatic carboxylic acids is 1. The lowest BCUT2D eigenvalue weighted by atomic mass is 9.38. The van der Waals surface area contributed by atoms with E-state index in [0.717, 1.165) is 6.08 Å². The molecule has 214 valence electrons. The molecule has 1 spiro atoms. The molecule has 0 aromatic rings. The van der Waals surface area contributed by atoms with Crippen LogP contribution >= 0.6 is 0 Å². The van der Waals surface area contributed by atoms with Gasteiger partial charge in [-0.25, -0.2) is 14.4 Å². The molecule has 1 unspecified atom stereocenters. The number of hydrogen-bond acceptors (Lipinski definition) is 11. The maximum absolute atomic E-state index is 13.4. The third-order valence-electron chi connectivity index (χ3n) is 10.2. The number of fused-ring (bicyclic) bond motifs is 2. The lowest BCUT2D eigenvalue weighted by Gasteiger charge is -2.67. The summed E-state index contributed by atoms with van der Waals surface area (Å²) in [6.07, 6.45) is -5.74. The minimum Gasteiger partial charge on any atom is -0.504 e. The summed E-state index contributed by atoms with van der Waals surface area (Å²) in [5.74, 6) is -7.72. The van der Waals surface area contributed by atoms with Crippen LogP contribution in [-0.4, -0.2) is 91.4 Å². The molecule has 0 aromatic carbocycles. The van der Waals surface area contributed by atoms with Crippen molar-refractivity contribution in [3.63, 3.8) is 0 Å². The zero-order valence-electron chi connectivity index (χ0n) is 22.3. The number of hydrogen-bond donors (Lipinski definition) is 5. The molecule has 2 saturated carbocycles. The van der Waals surface area contributed by atoms with Gasteiger partial charge in [-0.1, -0.05) is 6.92 Å². The van der Waals surface area contributed by atoms with E-state index in [0.29, 0.717) is 5.57 Å². The van der Waals surface area contributed by atoms with Gasteiger partial charge in [0, 0.05) is 23.8 Å². The maximum atomic E-state index is 13.4. The molecule has 2 bridgehead atoms. The van der Waals surface area contributed by atoms with Gasteiger partial charge in [0.15, 0.2) is 11.5 Å². The van der Waals surface area contributed by atoms with Crippen molar-refractivity contribution in [2.75, 3.05) is 6.61 Å². The van der Waals surface area contributed by atoms with E-state index in [1.54, 1.807) is 13.8 Å². The fourth-order valence-electron chi connectivity index (χ4n) is 8.22. The summed E-state index contributed by atoms with van der Waals surface area (Å²) < 4.78 is 17.2. The zero-order chi connectivity index (χ0) is 29.0. The van der Waals surface area contributed by atoms with Gasteiger partial charge in [-0.15, -0.1) is 0 Å². The smallest absolute Gasteiger partial charge is 0.348 e. The van der Waals surface area contributed by atoms with Crippen LogP contribution in [0.15, 0.2) is 23.0 Å². The standard InChI is InChI=1S/C27H34O12/c1-10(24(3,4)36)6-15(29)39-18-20-26-9-37-27(20,23(34)35)21(32)17(31)19(26)25(5)8-13(28)16(30)11(2)12(25)7-14(26)38-22(18)33/h6,12,14,17-21,30-32,36H,7-9H2,1-5H3,(H,34,35)/b10-6+/t12-,14+,17+,18+,19+,20?,21-,25-,26+,27-/m0/s1. The normalized spacial score (nSPS) is 45.3. The second-order valence-electron chi connectivity index (χ2n) is 12.5. The number of aliphatic hydroxyl groups excluding tert-OH is 3. The quantitative estimate of drug-likeness (QED) is 0.235. The first kappa shape index (κ1) is 27.8. The summed E-state index contributed by atoms with van der Waals surface area (Å²) in [7, 11) is 0. The van der Waals surface area contributed by atoms with E-state index in [9.17, 15) is 44.7 Å². The van der Waals surface area contributed by atoms with Crippen molar-refractivity contribution in [1.29, 1.82) is 0 Å². The Bertz CT molecular complexity index is 1230. The van der Waals surface area contributed by atoms with E-state index >= 15 is 0 Å². The summed E-state index contributed by atoms with van der Waals surface area (Å²) in [4.78, 5) is 51.9. The Labute approximate surface area is 224 Å². The summed E-state index contributed by atoms with van der Waals surface area (Å²) in [5, 5.41) is 53.9. The predicted octanol–water partition coefficient (Wildman–Crippen LogP) is 0.180. The third kappa shape index (κ3) is 3.38. The van der Waals surface area contributed by atoms with Gasteiger partial charge in [-0.2, -0.15) is 0 Å². The molecule has 0 radical (unpaired) electrons. The summed E-state index contributed by atoms with van der Waals surface area (Å²) in [5.41, 5.74) is -5.85. The first-order valence-corrected chi connectivity index (χ1v) is 12.9. The van der Waals surface area contributed by atoms with Gasteiger partial charge in [0.2, 0.25) is 11.7 Å². The van der Waals surface area contributed by atoms with E-state index in [2.05, 4.69) is 0 Å². The fraction of sp³-hybridized carbons (Fsp3) is 0.704. The molecule has 5 aliphatic rings. The Kier molecular flexibility index (Phi) is 5.95. The van der Waals surface area contributed by atoms with Crippen molar-refractivity contribution in [1.82, 2.24) is 0 Å². The van der Waals surface area contributed by atoms with Crippen LogP contribution in [0, 0.1) is 28.6 Å². The number of ether oxygens (including phenoxy) is 3. The second kappa shape index (κ2) is 8.35. The largest absolute Gasteiger partial charge is 0.504 e. The van der Waals surface area contributed by atoms with E-state index in [1.165, 1.54) is 20.8 Å². The molecule has 2 heterocycles. The predicted molar refractivity (Wildman–Crippen MR) is 129 cm³/mol. The molecule has 2 aliphatic heterocycles. The molecule has 10 atom stereocenters. The highest BCUT2D eigenvalue weighted by Crippen LogP contribution is 2.72. The van der Waals surface area contributed by atoms with Gasteiger partial charge < -0.3 is 39.7 Å². The summed E-state index contributed by atoms with van der Waals surface area (Å²) >= 11 is 0. The van der Waals surface area contributed by atoms with Gasteiger partial charge in [-0.05, 0) is 56.6 Å². The molecule has 12 nitrogen and oxygen atoms in total. The minimum atomic E-state index is -2.51. The Balaban J connectivity index is 1.68. The van der Waals surface area contributed by atoms with Gasteiger partial charge in [0.1, 0.15) is 12.2 Å². The van der Waals surface area contributed by atoms with Crippen LogP contribution < -0.4 is 0 Å². The Morgan fingerprint density at radius 1 is 1.18 bits per heavy atom. The number of aliphatic hydroxyl groups is 4. The SMILES string of the molecule is CC1=C(O)C(=O)C[C@]2(C)[C@H]3[C@@H](O)[C@H](O)[C@@]4(C(=O)O)OC[C@]35C4[C@@H](OC(=O)/C=C(\C)C(C)(C)O)C(=O)O[C@@H]5C[C@@H]12. The topological polar surface area (TPSA) is 197 Å². The number of Topliss-reactive ketones (excluding diaryl/α,β-unsaturated/α-hetero) is 1. The first-order chi connectivity index (χ1) is 17.9. The molecule has 5 rings (SSSR count). The molecule has 39 heavy (non-hydrogen) atoms. The number of esters is 2. The fourth-order valence-corrected chi connectivity index (χ4v) is 8.22. The van der Waals surface area contributed by atoms with E-state index in [4.69, 9.17) is 14.2 Å². The van der Waals surface area contributed by atoms with Crippen LogP contribution in [0.5, 0.6) is 0 Å². The molecule has 0 aromatic heterocycles. The molecule has 5 N–H and O–H groups in total. The monoisotopic (exact) mass is 550 g/mol. The van der Waals surface area contributed by atoms with Gasteiger partial charge >= 0.3 is 17.9 Å². The zero-order valence-corrected chi connectivity index (χ0v) is 22.3. The molecule has 12 heteroatoms. The van der Waals surface area contributed by atoms with E-state index in [-0.39, 0.29) is 25.0 Å². The molecule has 2 saturated heterocycles. The molecular formula is C27H34O12. The van der Waals surface area contributed by atoms with Crippen LogP contribution in [0.2, 0.25) is 0 Å². The number of carboxylic acid groups (broad SMARTS) is 1. The number of carboxylic acids is 1. The van der Waals surface area contributed by atoms with Gasteiger partial charge in [0.05, 0.1) is 24.2 Å². The number of carbonyl (C=O) groups excluding carboxylic acids is 3. The number of rotatable bonds is 4. The lowest BCUT2D eigenvalue weighted by Crippen LogP contribution is -2.79. The van der Waals surface area contributed by atoms with Crippen LogP contribution in [0.3, 0.4) is 0 Å². The van der Waals surface area contributed by atoms with Gasteiger partial charge in [0.25, 0.3) is 0 Å². The second-order valence-corrected chi connectivity index (χ2v) is 12.5. The van der Waals surface area contributed by atoms with Crippen molar-refractivity contribution >= 4 is 23.7 Å². The average Bonchev–Trinajstić information content (AvgIpc) is 3.13. The summed E-state index contributed by atoms with van der Waals surface area (Å²) in [6, 6.07) is 0. The van der Waals surface area contributed by atoms with Crippen LogP contribution in [0.25, 0.3) is 0 Å². The Morgan fingerprint density at radius 3 is 2.41 bits per heavy atom. The third-order valence-corrected chi connectivity index (χ3v) is 10.2. The van der Waals surface area contributed by atoms with Crippen molar-refractivity contribution in [2.24, 2.45) is 28.6 Å². The Morgan fingerprint density at radius 2 is 1.82 bits per heavy atom. The van der Waals surface area contributed by atoms with Crippen LogP contribution in [0.4, 0.5) is 0 Å².